The lowest BCUT2D eigenvalue weighted by Gasteiger charge is -2.13. The summed E-state index contributed by atoms with van der Waals surface area (Å²) in [4.78, 5) is 16.9. The summed E-state index contributed by atoms with van der Waals surface area (Å²) >= 11 is 0. The van der Waals surface area contributed by atoms with Crippen LogP contribution in [0.3, 0.4) is 0 Å². The zero-order valence-corrected chi connectivity index (χ0v) is 20.1. The second kappa shape index (κ2) is 9.56. The summed E-state index contributed by atoms with van der Waals surface area (Å²) in [5.74, 6) is -0.434. The van der Waals surface area contributed by atoms with E-state index in [2.05, 4.69) is 4.98 Å². The molecule has 0 saturated carbocycles. The fourth-order valence-corrected chi connectivity index (χ4v) is 3.89. The zero-order valence-electron chi connectivity index (χ0n) is 20.1. The van der Waals surface area contributed by atoms with Gasteiger partial charge in [-0.2, -0.15) is 13.2 Å². The standard InChI is InChI=1S/C27H25F3N2O4/c1-15(2)35-21-11-9-20(10-12-21)32-23(26(33)34)24(36-16(3)4)22-13-18(14-31-25(22)32)17-5-7-19(8-6-17)27(28,29)30/h5-16H,1-4H3,(H,33,34). The van der Waals surface area contributed by atoms with Crippen LogP contribution in [0.5, 0.6) is 11.5 Å². The van der Waals surface area contributed by atoms with Crippen LogP contribution in [0.2, 0.25) is 0 Å². The Balaban J connectivity index is 1.90. The number of rotatable bonds is 7. The minimum Gasteiger partial charge on any atom is -0.491 e. The summed E-state index contributed by atoms with van der Waals surface area (Å²) in [6.07, 6.45) is -3.29. The number of alkyl halides is 3. The van der Waals surface area contributed by atoms with Crippen LogP contribution in [-0.2, 0) is 6.18 Å². The first-order valence-electron chi connectivity index (χ1n) is 11.3. The molecule has 6 nitrogen and oxygen atoms in total. The number of pyridine rings is 1. The fourth-order valence-electron chi connectivity index (χ4n) is 3.89. The van der Waals surface area contributed by atoms with Gasteiger partial charge < -0.3 is 14.6 Å². The largest absolute Gasteiger partial charge is 0.491 e. The van der Waals surface area contributed by atoms with Gasteiger partial charge in [-0.15, -0.1) is 0 Å². The van der Waals surface area contributed by atoms with Crippen molar-refractivity contribution in [2.45, 2.75) is 46.1 Å². The third-order valence-electron chi connectivity index (χ3n) is 5.33. The van der Waals surface area contributed by atoms with E-state index in [9.17, 15) is 23.1 Å². The number of hydrogen-bond acceptors (Lipinski definition) is 4. The minimum atomic E-state index is -4.44. The maximum absolute atomic E-state index is 13.0. The average Bonchev–Trinajstić information content (AvgIpc) is 3.12. The molecule has 188 valence electrons. The molecule has 0 unspecified atom stereocenters. The SMILES string of the molecule is CC(C)Oc1ccc(-n2c(C(=O)O)c(OC(C)C)c3cc(-c4ccc(C(F)(F)F)cc4)cnc32)cc1. The Morgan fingerprint density at radius 1 is 0.917 bits per heavy atom. The van der Waals surface area contributed by atoms with Crippen molar-refractivity contribution in [3.8, 4) is 28.3 Å². The van der Waals surface area contributed by atoms with Crippen LogP contribution < -0.4 is 9.47 Å². The molecular formula is C27H25F3N2O4. The zero-order chi connectivity index (χ0) is 26.2. The van der Waals surface area contributed by atoms with Crippen LogP contribution in [0.25, 0.3) is 27.8 Å². The highest BCUT2D eigenvalue weighted by molar-refractivity contribution is 6.02. The Kier molecular flexibility index (Phi) is 6.67. The summed E-state index contributed by atoms with van der Waals surface area (Å²) in [6.45, 7) is 7.37. The van der Waals surface area contributed by atoms with Crippen molar-refractivity contribution in [1.82, 2.24) is 9.55 Å². The molecule has 0 aliphatic rings. The Morgan fingerprint density at radius 2 is 1.53 bits per heavy atom. The second-order valence-corrected chi connectivity index (χ2v) is 8.82. The smallest absolute Gasteiger partial charge is 0.416 e. The topological polar surface area (TPSA) is 73.6 Å². The number of nitrogens with zero attached hydrogens (tertiary/aromatic N) is 2. The molecule has 4 rings (SSSR count). The number of aromatic carboxylic acids is 1. The van der Waals surface area contributed by atoms with Gasteiger partial charge in [-0.1, -0.05) is 12.1 Å². The van der Waals surface area contributed by atoms with E-state index in [0.29, 0.717) is 33.6 Å². The van der Waals surface area contributed by atoms with E-state index < -0.39 is 17.7 Å². The lowest BCUT2D eigenvalue weighted by molar-refractivity contribution is -0.137. The number of benzene rings is 2. The third-order valence-corrected chi connectivity index (χ3v) is 5.33. The maximum atomic E-state index is 13.0. The molecule has 0 bridgehead atoms. The van der Waals surface area contributed by atoms with Gasteiger partial charge in [0, 0.05) is 17.4 Å². The van der Waals surface area contributed by atoms with Gasteiger partial charge in [-0.25, -0.2) is 9.78 Å². The van der Waals surface area contributed by atoms with Crippen molar-refractivity contribution < 1.29 is 32.5 Å². The predicted molar refractivity (Wildman–Crippen MR) is 130 cm³/mol. The number of carboxylic acid groups (broad SMARTS) is 1. The van der Waals surface area contributed by atoms with Gasteiger partial charge >= 0.3 is 12.1 Å². The molecule has 2 aromatic heterocycles. The average molecular weight is 499 g/mol. The lowest BCUT2D eigenvalue weighted by Crippen LogP contribution is -2.12. The van der Waals surface area contributed by atoms with Crippen LogP contribution in [-0.4, -0.2) is 32.8 Å². The number of halogens is 3. The summed E-state index contributed by atoms with van der Waals surface area (Å²) in [7, 11) is 0. The van der Waals surface area contributed by atoms with E-state index in [1.807, 2.05) is 13.8 Å². The number of hydrogen-bond donors (Lipinski definition) is 1. The molecule has 2 aromatic carbocycles. The number of carboxylic acids is 1. The lowest BCUT2D eigenvalue weighted by atomic mass is 10.0. The van der Waals surface area contributed by atoms with Crippen molar-refractivity contribution in [2.24, 2.45) is 0 Å². The molecule has 0 aliphatic carbocycles. The van der Waals surface area contributed by atoms with E-state index in [4.69, 9.17) is 9.47 Å². The molecule has 0 atom stereocenters. The second-order valence-electron chi connectivity index (χ2n) is 8.82. The fraction of sp³-hybridized carbons (Fsp3) is 0.259. The van der Waals surface area contributed by atoms with Crippen LogP contribution in [0.15, 0.2) is 60.8 Å². The normalized spacial score (nSPS) is 11.9. The van der Waals surface area contributed by atoms with E-state index in [1.165, 1.54) is 22.9 Å². The van der Waals surface area contributed by atoms with Crippen LogP contribution in [0.4, 0.5) is 13.2 Å². The van der Waals surface area contributed by atoms with Gasteiger partial charge in [0.25, 0.3) is 0 Å². The summed E-state index contributed by atoms with van der Waals surface area (Å²) in [6, 6.07) is 13.3. The van der Waals surface area contributed by atoms with Gasteiger partial charge in [-0.05, 0) is 75.7 Å². The van der Waals surface area contributed by atoms with Crippen LogP contribution in [0.1, 0.15) is 43.7 Å². The minimum absolute atomic E-state index is 0.0193. The monoisotopic (exact) mass is 498 g/mol. The van der Waals surface area contributed by atoms with Gasteiger partial charge in [-0.3, -0.25) is 4.57 Å². The molecule has 1 N–H and O–H groups in total. The quantitative estimate of drug-likeness (QED) is 0.297. The summed E-state index contributed by atoms with van der Waals surface area (Å²) < 4.78 is 52.1. The molecule has 9 heteroatoms. The summed E-state index contributed by atoms with van der Waals surface area (Å²) in [5.41, 5.74) is 1.06. The molecule has 0 aliphatic heterocycles. The van der Waals surface area contributed by atoms with Gasteiger partial charge in [0.1, 0.15) is 11.4 Å². The van der Waals surface area contributed by atoms with Crippen molar-refractivity contribution in [3.05, 3.63) is 72.1 Å². The van der Waals surface area contributed by atoms with Crippen molar-refractivity contribution >= 4 is 17.0 Å². The van der Waals surface area contributed by atoms with Crippen molar-refractivity contribution in [2.75, 3.05) is 0 Å². The van der Waals surface area contributed by atoms with Gasteiger partial charge in [0.05, 0.1) is 23.2 Å². The first-order valence-corrected chi connectivity index (χ1v) is 11.3. The first-order chi connectivity index (χ1) is 17.0. The highest BCUT2D eigenvalue weighted by Gasteiger charge is 2.30. The van der Waals surface area contributed by atoms with Crippen LogP contribution in [0, 0.1) is 0 Å². The van der Waals surface area contributed by atoms with Crippen molar-refractivity contribution in [3.63, 3.8) is 0 Å². The maximum Gasteiger partial charge on any atom is 0.416 e. The van der Waals surface area contributed by atoms with E-state index >= 15 is 0 Å². The number of fused-ring (bicyclic) bond motifs is 1. The third kappa shape index (κ3) is 5.00. The molecule has 0 radical (unpaired) electrons. The number of aromatic nitrogens is 2. The van der Waals surface area contributed by atoms with Gasteiger partial charge in [0.2, 0.25) is 0 Å². The number of carbonyl (C=O) groups is 1. The van der Waals surface area contributed by atoms with E-state index in [-0.39, 0.29) is 23.7 Å². The number of ether oxygens (including phenoxy) is 2. The highest BCUT2D eigenvalue weighted by atomic mass is 19.4. The first kappa shape index (κ1) is 25.1. The predicted octanol–water partition coefficient (Wildman–Crippen LogP) is 6.98. The molecule has 36 heavy (non-hydrogen) atoms. The molecule has 4 aromatic rings. The van der Waals surface area contributed by atoms with Gasteiger partial charge in [0.15, 0.2) is 11.4 Å². The Bertz CT molecular complexity index is 1390. The highest BCUT2D eigenvalue weighted by Crippen LogP contribution is 2.38. The molecule has 0 spiro atoms. The van der Waals surface area contributed by atoms with Crippen molar-refractivity contribution in [1.29, 1.82) is 0 Å². The Labute approximate surface area is 205 Å². The molecule has 0 saturated heterocycles. The summed E-state index contributed by atoms with van der Waals surface area (Å²) in [5, 5.41) is 10.6. The van der Waals surface area contributed by atoms with E-state index in [1.54, 1.807) is 44.2 Å². The van der Waals surface area contributed by atoms with Crippen LogP contribution >= 0.6 is 0 Å². The Morgan fingerprint density at radius 3 is 2.06 bits per heavy atom. The molecule has 0 amide bonds. The van der Waals surface area contributed by atoms with E-state index in [0.717, 1.165) is 12.1 Å². The molecular weight excluding hydrogens is 473 g/mol. The molecule has 2 heterocycles. The Hall–Kier alpha value is -4.01. The molecule has 0 fully saturated rings.